The third kappa shape index (κ3) is 4.02. The predicted octanol–water partition coefficient (Wildman–Crippen LogP) is 1.57. The summed E-state index contributed by atoms with van der Waals surface area (Å²) in [6.07, 6.45) is 12.5. The molecule has 0 radical (unpaired) electrons. The monoisotopic (exact) mass is 337 g/mol. The fourth-order valence-electron chi connectivity index (χ4n) is 3.38. The maximum Gasteiger partial charge on any atom is 0.256 e. The largest absolute Gasteiger partial charge is 0.352 e. The Bertz CT molecular complexity index is 658. The summed E-state index contributed by atoms with van der Waals surface area (Å²) in [6.45, 7) is 0.959. The highest BCUT2D eigenvalue weighted by atomic mass is 32.2. The zero-order valence-electron chi connectivity index (χ0n) is 13.2. The van der Waals surface area contributed by atoms with Gasteiger partial charge in [-0.25, -0.2) is 8.42 Å². The number of amides is 1. The average Bonchev–Trinajstić information content (AvgIpc) is 3.03. The molecule has 0 aromatic heterocycles. The molecule has 1 amide bonds. The van der Waals surface area contributed by atoms with E-state index in [4.69, 9.17) is 0 Å². The predicted molar refractivity (Wildman–Crippen MR) is 89.4 cm³/mol. The SMILES string of the molecule is O=C(NCCCC1CCCC1)C1=CC=CN2CCS(=O)(=O)N=C12. The lowest BCUT2D eigenvalue weighted by molar-refractivity contribution is -0.117. The molecule has 7 heteroatoms. The standard InChI is InChI=1S/C16H23N3O3S/c20-16(17-9-3-7-13-5-1-2-6-13)14-8-4-10-19-11-12-23(21,22)18-15(14)19/h4,8,10,13H,1-3,5-7,9,11-12H2,(H,17,20). The highest BCUT2D eigenvalue weighted by molar-refractivity contribution is 7.90. The zero-order valence-corrected chi connectivity index (χ0v) is 14.0. The molecular weight excluding hydrogens is 314 g/mol. The Labute approximate surface area is 137 Å². The van der Waals surface area contributed by atoms with E-state index in [0.717, 1.165) is 18.8 Å². The van der Waals surface area contributed by atoms with Gasteiger partial charge in [0.05, 0.1) is 11.3 Å². The lowest BCUT2D eigenvalue weighted by Crippen LogP contribution is -2.42. The average molecular weight is 337 g/mol. The van der Waals surface area contributed by atoms with Crippen molar-refractivity contribution in [3.8, 4) is 0 Å². The molecule has 2 heterocycles. The Morgan fingerprint density at radius 2 is 2.13 bits per heavy atom. The summed E-state index contributed by atoms with van der Waals surface area (Å²) < 4.78 is 27.1. The summed E-state index contributed by atoms with van der Waals surface area (Å²) in [7, 11) is -3.46. The fourth-order valence-corrected chi connectivity index (χ4v) is 4.37. The van der Waals surface area contributed by atoms with Crippen LogP contribution in [-0.4, -0.2) is 43.9 Å². The van der Waals surface area contributed by atoms with Gasteiger partial charge in [0, 0.05) is 19.3 Å². The first kappa shape index (κ1) is 16.2. The quantitative estimate of drug-likeness (QED) is 0.773. The molecule has 3 aliphatic rings. The van der Waals surface area contributed by atoms with E-state index in [1.807, 2.05) is 0 Å². The molecule has 126 valence electrons. The molecule has 0 bridgehead atoms. The van der Waals surface area contributed by atoms with Gasteiger partial charge in [0.25, 0.3) is 15.9 Å². The Balaban J connectivity index is 1.56. The van der Waals surface area contributed by atoms with Gasteiger partial charge < -0.3 is 10.2 Å². The number of rotatable bonds is 5. The Morgan fingerprint density at radius 3 is 2.91 bits per heavy atom. The van der Waals surface area contributed by atoms with Crippen molar-refractivity contribution in [1.82, 2.24) is 10.2 Å². The smallest absolute Gasteiger partial charge is 0.256 e. The van der Waals surface area contributed by atoms with Crippen molar-refractivity contribution in [2.75, 3.05) is 18.8 Å². The second-order valence-electron chi connectivity index (χ2n) is 6.36. The summed E-state index contributed by atoms with van der Waals surface area (Å²) in [5, 5.41) is 2.89. The summed E-state index contributed by atoms with van der Waals surface area (Å²) in [5.74, 6) is 0.790. The molecule has 6 nitrogen and oxygen atoms in total. The molecule has 2 aliphatic heterocycles. The first-order chi connectivity index (χ1) is 11.1. The highest BCUT2D eigenvalue weighted by Crippen LogP contribution is 2.28. The van der Waals surface area contributed by atoms with Crippen molar-refractivity contribution >= 4 is 21.8 Å². The van der Waals surface area contributed by atoms with Crippen LogP contribution < -0.4 is 5.32 Å². The number of allylic oxidation sites excluding steroid dienone is 2. The van der Waals surface area contributed by atoms with Gasteiger partial charge in [-0.1, -0.05) is 25.7 Å². The van der Waals surface area contributed by atoms with Crippen LogP contribution in [0.4, 0.5) is 0 Å². The van der Waals surface area contributed by atoms with E-state index < -0.39 is 10.0 Å². The van der Waals surface area contributed by atoms with E-state index in [-0.39, 0.29) is 17.5 Å². The Kier molecular flexibility index (Phi) is 4.84. The van der Waals surface area contributed by atoms with Crippen molar-refractivity contribution in [2.24, 2.45) is 10.3 Å². The molecule has 0 unspecified atom stereocenters. The van der Waals surface area contributed by atoms with E-state index in [1.165, 1.54) is 25.7 Å². The molecular formula is C16H23N3O3S. The zero-order chi connectivity index (χ0) is 16.3. The van der Waals surface area contributed by atoms with E-state index >= 15 is 0 Å². The van der Waals surface area contributed by atoms with Gasteiger partial charge in [-0.2, -0.15) is 0 Å². The fraction of sp³-hybridized carbons (Fsp3) is 0.625. The number of carbonyl (C=O) groups is 1. The van der Waals surface area contributed by atoms with Crippen molar-refractivity contribution in [2.45, 2.75) is 38.5 Å². The van der Waals surface area contributed by atoms with Gasteiger partial charge in [-0.05, 0) is 30.9 Å². The van der Waals surface area contributed by atoms with E-state index in [0.29, 0.717) is 18.7 Å². The number of hydrogen-bond donors (Lipinski definition) is 1. The van der Waals surface area contributed by atoms with E-state index in [9.17, 15) is 13.2 Å². The van der Waals surface area contributed by atoms with Crippen LogP contribution in [0.1, 0.15) is 38.5 Å². The normalized spacial score (nSPS) is 23.2. The minimum atomic E-state index is -3.46. The van der Waals surface area contributed by atoms with Crippen LogP contribution in [0.15, 0.2) is 28.3 Å². The molecule has 3 rings (SSSR count). The number of nitrogens with zero attached hydrogens (tertiary/aromatic N) is 2. The van der Waals surface area contributed by atoms with E-state index in [1.54, 1.807) is 23.3 Å². The molecule has 1 N–H and O–H groups in total. The van der Waals surface area contributed by atoms with Crippen molar-refractivity contribution in [3.05, 3.63) is 23.9 Å². The molecule has 23 heavy (non-hydrogen) atoms. The van der Waals surface area contributed by atoms with Crippen LogP contribution >= 0.6 is 0 Å². The molecule has 1 aliphatic carbocycles. The number of carbonyl (C=O) groups excluding carboxylic acids is 1. The van der Waals surface area contributed by atoms with Gasteiger partial charge in [-0.15, -0.1) is 4.40 Å². The molecule has 0 spiro atoms. The maximum atomic E-state index is 12.3. The van der Waals surface area contributed by atoms with Crippen molar-refractivity contribution in [1.29, 1.82) is 0 Å². The van der Waals surface area contributed by atoms with Crippen LogP contribution in [-0.2, 0) is 14.8 Å². The van der Waals surface area contributed by atoms with E-state index in [2.05, 4.69) is 9.71 Å². The third-order valence-electron chi connectivity index (χ3n) is 4.65. The number of fused-ring (bicyclic) bond motifs is 1. The van der Waals surface area contributed by atoms with Crippen molar-refractivity contribution < 1.29 is 13.2 Å². The Morgan fingerprint density at radius 1 is 1.35 bits per heavy atom. The molecule has 0 aromatic rings. The van der Waals surface area contributed by atoms with Crippen molar-refractivity contribution in [3.63, 3.8) is 0 Å². The van der Waals surface area contributed by atoms with Gasteiger partial charge in [0.2, 0.25) is 0 Å². The van der Waals surface area contributed by atoms with Crippen LogP contribution in [0, 0.1) is 5.92 Å². The van der Waals surface area contributed by atoms with Gasteiger partial charge in [0.15, 0.2) is 5.84 Å². The number of nitrogens with one attached hydrogen (secondary N) is 1. The van der Waals surface area contributed by atoms with Gasteiger partial charge >= 0.3 is 0 Å². The summed E-state index contributed by atoms with van der Waals surface area (Å²) in [6, 6.07) is 0. The Hall–Kier alpha value is -1.63. The second-order valence-corrected chi connectivity index (χ2v) is 8.12. The molecule has 0 saturated heterocycles. The number of sulfonamides is 1. The second kappa shape index (κ2) is 6.86. The summed E-state index contributed by atoms with van der Waals surface area (Å²) in [5.41, 5.74) is 0.330. The van der Waals surface area contributed by atoms with Gasteiger partial charge in [0.1, 0.15) is 0 Å². The number of amidine groups is 1. The summed E-state index contributed by atoms with van der Waals surface area (Å²) >= 11 is 0. The lowest BCUT2D eigenvalue weighted by atomic mass is 10.0. The van der Waals surface area contributed by atoms with Gasteiger partial charge in [-0.3, -0.25) is 4.79 Å². The molecule has 0 atom stereocenters. The third-order valence-corrected chi connectivity index (χ3v) is 5.80. The molecule has 1 fully saturated rings. The van der Waals surface area contributed by atoms with Crippen LogP contribution in [0.2, 0.25) is 0 Å². The molecule has 1 saturated carbocycles. The minimum absolute atomic E-state index is 0.0167. The van der Waals surface area contributed by atoms with Crippen LogP contribution in [0.25, 0.3) is 0 Å². The first-order valence-electron chi connectivity index (χ1n) is 8.31. The maximum absolute atomic E-state index is 12.3. The lowest BCUT2D eigenvalue weighted by Gasteiger charge is -2.28. The van der Waals surface area contributed by atoms with Crippen LogP contribution in [0.3, 0.4) is 0 Å². The molecule has 0 aromatic carbocycles. The van der Waals surface area contributed by atoms with Crippen LogP contribution in [0.5, 0.6) is 0 Å². The highest BCUT2D eigenvalue weighted by Gasteiger charge is 2.29. The summed E-state index contributed by atoms with van der Waals surface area (Å²) in [4.78, 5) is 14.1. The number of hydrogen-bond acceptors (Lipinski definition) is 4. The minimum Gasteiger partial charge on any atom is -0.352 e. The topological polar surface area (TPSA) is 78.8 Å². The first-order valence-corrected chi connectivity index (χ1v) is 9.92.